The van der Waals surface area contributed by atoms with Crippen LogP contribution >= 0.6 is 0 Å². The minimum absolute atomic E-state index is 0.117. The number of carbonyl (C=O) groups is 1. The molecular formula is C21H27F2N5O2. The average molecular weight is 419 g/mol. The van der Waals surface area contributed by atoms with Gasteiger partial charge in [0.25, 0.3) is 0 Å². The first-order chi connectivity index (χ1) is 14.4. The summed E-state index contributed by atoms with van der Waals surface area (Å²) in [5.41, 5.74) is 1.93. The number of nitrogens with one attached hydrogen (secondary N) is 2. The lowest BCUT2D eigenvalue weighted by Crippen LogP contribution is -2.38. The van der Waals surface area contributed by atoms with E-state index in [9.17, 15) is 13.6 Å². The molecule has 162 valence electrons. The van der Waals surface area contributed by atoms with Crippen molar-refractivity contribution >= 4 is 17.7 Å². The topological polar surface area (TPSA) is 78.8 Å². The number of anilines is 1. The molecule has 30 heavy (non-hydrogen) atoms. The summed E-state index contributed by atoms with van der Waals surface area (Å²) in [6.45, 7) is 2.54. The summed E-state index contributed by atoms with van der Waals surface area (Å²) in [5.74, 6) is 1.11. The molecule has 0 atom stereocenters. The zero-order valence-electron chi connectivity index (χ0n) is 17.4. The third-order valence-corrected chi connectivity index (χ3v) is 4.04. The number of aromatic nitrogens is 1. The summed E-state index contributed by atoms with van der Waals surface area (Å²) in [7, 11) is 1.86. The van der Waals surface area contributed by atoms with Crippen molar-refractivity contribution in [2.75, 3.05) is 25.5 Å². The van der Waals surface area contributed by atoms with Crippen LogP contribution in [-0.4, -0.2) is 48.5 Å². The van der Waals surface area contributed by atoms with E-state index in [1.807, 2.05) is 31.9 Å². The van der Waals surface area contributed by atoms with Gasteiger partial charge in [-0.25, -0.2) is 4.98 Å². The number of hydrogen-bond donors (Lipinski definition) is 2. The molecule has 0 spiro atoms. The van der Waals surface area contributed by atoms with E-state index in [2.05, 4.69) is 25.3 Å². The number of rotatable bonds is 9. The molecule has 0 radical (unpaired) electrons. The first-order valence-electron chi connectivity index (χ1n) is 9.63. The van der Waals surface area contributed by atoms with Crippen LogP contribution in [-0.2, 0) is 11.3 Å². The van der Waals surface area contributed by atoms with E-state index >= 15 is 0 Å². The van der Waals surface area contributed by atoms with Gasteiger partial charge in [0.1, 0.15) is 11.6 Å². The zero-order valence-corrected chi connectivity index (χ0v) is 17.4. The van der Waals surface area contributed by atoms with Gasteiger partial charge in [0.2, 0.25) is 5.91 Å². The van der Waals surface area contributed by atoms with Gasteiger partial charge in [-0.2, -0.15) is 8.78 Å². The van der Waals surface area contributed by atoms with Gasteiger partial charge in [-0.3, -0.25) is 9.79 Å². The molecule has 0 bridgehead atoms. The molecule has 0 aliphatic rings. The smallest absolute Gasteiger partial charge is 0.387 e. The molecule has 1 heterocycles. The first-order valence-corrected chi connectivity index (χ1v) is 9.63. The van der Waals surface area contributed by atoms with Crippen molar-refractivity contribution < 1.29 is 18.3 Å². The normalized spacial score (nSPS) is 11.3. The summed E-state index contributed by atoms with van der Waals surface area (Å²) in [4.78, 5) is 22.6. The maximum absolute atomic E-state index is 12.2. The monoisotopic (exact) mass is 419 g/mol. The van der Waals surface area contributed by atoms with Gasteiger partial charge >= 0.3 is 6.61 Å². The van der Waals surface area contributed by atoms with E-state index in [0.717, 1.165) is 11.1 Å². The molecule has 0 saturated heterocycles. The molecule has 2 rings (SSSR count). The van der Waals surface area contributed by atoms with Crippen LogP contribution in [0.5, 0.6) is 5.75 Å². The number of halogens is 2. The molecule has 2 N–H and O–H groups in total. The lowest BCUT2D eigenvalue weighted by Gasteiger charge is -2.22. The van der Waals surface area contributed by atoms with Crippen LogP contribution in [0.3, 0.4) is 0 Å². The number of nitrogens with zero attached hydrogens (tertiary/aromatic N) is 3. The fourth-order valence-corrected chi connectivity index (χ4v) is 2.61. The fourth-order valence-electron chi connectivity index (χ4n) is 2.61. The van der Waals surface area contributed by atoms with Gasteiger partial charge in [0.15, 0.2) is 5.96 Å². The maximum atomic E-state index is 12.2. The van der Waals surface area contributed by atoms with Crippen LogP contribution in [0.25, 0.3) is 0 Å². The van der Waals surface area contributed by atoms with Gasteiger partial charge in [0, 0.05) is 32.8 Å². The van der Waals surface area contributed by atoms with Crippen molar-refractivity contribution in [2.24, 2.45) is 4.99 Å². The highest BCUT2D eigenvalue weighted by atomic mass is 19.3. The molecule has 1 aromatic carbocycles. The summed E-state index contributed by atoms with van der Waals surface area (Å²) in [5, 5.41) is 5.92. The van der Waals surface area contributed by atoms with E-state index in [0.29, 0.717) is 31.4 Å². The fraction of sp³-hybridized carbons (Fsp3) is 0.381. The predicted molar refractivity (Wildman–Crippen MR) is 113 cm³/mol. The molecule has 2 aromatic rings. The lowest BCUT2D eigenvalue weighted by molar-refractivity contribution is -0.116. The molecule has 9 heteroatoms. The Kier molecular flexibility index (Phi) is 8.99. The highest BCUT2D eigenvalue weighted by Crippen LogP contribution is 2.15. The Hall–Kier alpha value is -3.23. The van der Waals surface area contributed by atoms with Crippen molar-refractivity contribution in [1.82, 2.24) is 15.2 Å². The van der Waals surface area contributed by atoms with E-state index in [1.165, 1.54) is 12.1 Å². The van der Waals surface area contributed by atoms with Gasteiger partial charge in [-0.1, -0.05) is 18.2 Å². The minimum atomic E-state index is -2.84. The number of pyridine rings is 1. The molecule has 0 saturated carbocycles. The third-order valence-electron chi connectivity index (χ3n) is 4.04. The van der Waals surface area contributed by atoms with Gasteiger partial charge in [-0.15, -0.1) is 0 Å². The number of ether oxygens (including phenoxy) is 1. The Balaban J connectivity index is 1.88. The largest absolute Gasteiger partial charge is 0.435 e. The lowest BCUT2D eigenvalue weighted by atomic mass is 10.2. The van der Waals surface area contributed by atoms with Crippen LogP contribution in [0.4, 0.5) is 14.6 Å². The molecule has 0 aliphatic carbocycles. The van der Waals surface area contributed by atoms with Crippen LogP contribution in [0.15, 0.2) is 47.6 Å². The van der Waals surface area contributed by atoms with Crippen LogP contribution in [0, 0.1) is 6.92 Å². The van der Waals surface area contributed by atoms with Crippen molar-refractivity contribution in [1.29, 1.82) is 0 Å². The number of amides is 1. The van der Waals surface area contributed by atoms with Gasteiger partial charge < -0.3 is 20.3 Å². The van der Waals surface area contributed by atoms with E-state index < -0.39 is 6.61 Å². The second-order valence-electron chi connectivity index (χ2n) is 6.63. The molecule has 7 nitrogen and oxygen atoms in total. The Labute approximate surface area is 175 Å². The molecule has 0 unspecified atom stereocenters. The summed E-state index contributed by atoms with van der Waals surface area (Å²) >= 11 is 0. The quantitative estimate of drug-likeness (QED) is 0.481. The van der Waals surface area contributed by atoms with Gasteiger partial charge in [-0.05, 0) is 43.2 Å². The van der Waals surface area contributed by atoms with Crippen molar-refractivity contribution in [3.63, 3.8) is 0 Å². The first kappa shape index (κ1) is 23.1. The molecule has 0 aliphatic heterocycles. The molecular weight excluding hydrogens is 392 g/mol. The zero-order chi connectivity index (χ0) is 21.9. The number of guanidine groups is 1. The minimum Gasteiger partial charge on any atom is -0.435 e. The van der Waals surface area contributed by atoms with Crippen molar-refractivity contribution in [3.05, 3.63) is 53.7 Å². The second kappa shape index (κ2) is 11.7. The van der Waals surface area contributed by atoms with Crippen molar-refractivity contribution in [3.8, 4) is 5.75 Å². The number of hydrogen-bond acceptors (Lipinski definition) is 4. The molecule has 1 amide bonds. The summed E-state index contributed by atoms with van der Waals surface area (Å²) < 4.78 is 28.9. The highest BCUT2D eigenvalue weighted by Gasteiger charge is 2.09. The maximum Gasteiger partial charge on any atom is 0.387 e. The number of benzene rings is 1. The Morgan fingerprint density at radius 1 is 1.23 bits per heavy atom. The van der Waals surface area contributed by atoms with E-state index in [1.54, 1.807) is 24.4 Å². The summed E-state index contributed by atoms with van der Waals surface area (Å²) in [6, 6.07) is 10.1. The third kappa shape index (κ3) is 8.02. The Bertz CT molecular complexity index is 826. The number of alkyl halides is 2. The molecule has 0 fully saturated rings. The molecule has 1 aromatic heterocycles. The van der Waals surface area contributed by atoms with Crippen LogP contribution < -0.4 is 15.4 Å². The number of carbonyl (C=O) groups excluding carboxylic acids is 1. The van der Waals surface area contributed by atoms with Crippen LogP contribution in [0.1, 0.15) is 24.5 Å². The Morgan fingerprint density at radius 3 is 2.57 bits per heavy atom. The van der Waals surface area contributed by atoms with Gasteiger partial charge in [0.05, 0.1) is 6.54 Å². The van der Waals surface area contributed by atoms with E-state index in [-0.39, 0.29) is 18.1 Å². The number of aryl methyl sites for hydroxylation is 1. The van der Waals surface area contributed by atoms with Crippen LogP contribution in [0.2, 0.25) is 0 Å². The van der Waals surface area contributed by atoms with E-state index in [4.69, 9.17) is 0 Å². The SMILES string of the molecule is CCNC(=NCCC(=O)Nc1ccc(C)cn1)N(C)Cc1ccc(OC(F)F)cc1. The average Bonchev–Trinajstić information content (AvgIpc) is 2.70. The standard InChI is InChI=1S/C21H27F2N5O2/c1-4-24-21(25-12-11-19(29)27-18-10-5-15(2)13-26-18)28(3)14-16-6-8-17(9-7-16)30-20(22)23/h5-10,13,20H,4,11-12,14H2,1-3H3,(H,24,25)(H,26,27,29). The number of aliphatic imine (C=N–C) groups is 1. The summed E-state index contributed by atoms with van der Waals surface area (Å²) in [6.07, 6.45) is 1.91. The predicted octanol–water partition coefficient (Wildman–Crippen LogP) is 3.42. The van der Waals surface area contributed by atoms with Crippen molar-refractivity contribution in [2.45, 2.75) is 33.4 Å². The highest BCUT2D eigenvalue weighted by molar-refractivity contribution is 5.90. The Morgan fingerprint density at radius 2 is 1.97 bits per heavy atom. The second-order valence-corrected chi connectivity index (χ2v) is 6.63.